The van der Waals surface area contributed by atoms with Crippen molar-refractivity contribution in [1.82, 2.24) is 5.32 Å². The van der Waals surface area contributed by atoms with Crippen LogP contribution in [0.3, 0.4) is 0 Å². The van der Waals surface area contributed by atoms with Crippen LogP contribution in [0.25, 0.3) is 0 Å². The van der Waals surface area contributed by atoms with Gasteiger partial charge in [0.05, 0.1) is 10.6 Å². The average molecular weight is 406 g/mol. The number of ether oxygens (including phenoxy) is 1. The van der Waals surface area contributed by atoms with Crippen LogP contribution in [0.5, 0.6) is 5.75 Å². The van der Waals surface area contributed by atoms with Crippen molar-refractivity contribution >= 4 is 21.6 Å². The summed E-state index contributed by atoms with van der Waals surface area (Å²) in [4.78, 5) is 11.2. The van der Waals surface area contributed by atoms with Crippen LogP contribution in [-0.2, 0) is 10.0 Å². The van der Waals surface area contributed by atoms with E-state index < -0.39 is 46.0 Å². The van der Waals surface area contributed by atoms with Crippen molar-refractivity contribution in [2.45, 2.75) is 11.1 Å². The molecule has 0 aliphatic heterocycles. The minimum Gasteiger partial charge on any atom is -0.482 e. The standard InChI is InChI=1S/C16H14F4N2O4S/c1-21-15(23)10-2-5-12(6-3-10)27(24,25)22-13-8-11(17)4-7-14(13)26-9-16(18,19)20/h2-8,22H,9H2,1H3,(H,21,23). The Labute approximate surface area is 152 Å². The lowest BCUT2D eigenvalue weighted by Gasteiger charge is -2.15. The molecule has 1 amide bonds. The maximum atomic E-state index is 13.4. The van der Waals surface area contributed by atoms with Crippen LogP contribution < -0.4 is 14.8 Å². The third kappa shape index (κ3) is 5.58. The van der Waals surface area contributed by atoms with Gasteiger partial charge in [-0.25, -0.2) is 12.8 Å². The molecule has 0 aliphatic carbocycles. The first-order valence-electron chi connectivity index (χ1n) is 7.36. The Balaban J connectivity index is 2.29. The molecular weight excluding hydrogens is 392 g/mol. The highest BCUT2D eigenvalue weighted by Gasteiger charge is 2.29. The van der Waals surface area contributed by atoms with Crippen molar-refractivity contribution in [2.75, 3.05) is 18.4 Å². The third-order valence-electron chi connectivity index (χ3n) is 3.23. The van der Waals surface area contributed by atoms with Gasteiger partial charge in [0.25, 0.3) is 15.9 Å². The number of carbonyl (C=O) groups excluding carboxylic acids is 1. The molecule has 0 saturated carbocycles. The van der Waals surface area contributed by atoms with E-state index in [1.165, 1.54) is 19.2 Å². The van der Waals surface area contributed by atoms with Crippen molar-refractivity contribution in [3.8, 4) is 5.75 Å². The minimum atomic E-state index is -4.65. The number of sulfonamides is 1. The van der Waals surface area contributed by atoms with E-state index in [9.17, 15) is 30.8 Å². The number of halogens is 4. The molecule has 0 unspecified atom stereocenters. The van der Waals surface area contributed by atoms with Crippen LogP contribution in [0.15, 0.2) is 47.4 Å². The topological polar surface area (TPSA) is 84.5 Å². The van der Waals surface area contributed by atoms with Gasteiger partial charge in [-0.05, 0) is 36.4 Å². The lowest BCUT2D eigenvalue weighted by atomic mass is 10.2. The predicted molar refractivity (Wildman–Crippen MR) is 88.6 cm³/mol. The number of amides is 1. The molecule has 146 valence electrons. The van der Waals surface area contributed by atoms with Crippen molar-refractivity contribution in [1.29, 1.82) is 0 Å². The van der Waals surface area contributed by atoms with Crippen LogP contribution in [0.2, 0.25) is 0 Å². The zero-order chi connectivity index (χ0) is 20.2. The van der Waals surface area contributed by atoms with Gasteiger partial charge in [-0.2, -0.15) is 13.2 Å². The first-order chi connectivity index (χ1) is 12.5. The first-order valence-corrected chi connectivity index (χ1v) is 8.84. The van der Waals surface area contributed by atoms with E-state index in [1.807, 2.05) is 4.72 Å². The molecular formula is C16H14F4N2O4S. The van der Waals surface area contributed by atoms with Crippen LogP contribution in [-0.4, -0.2) is 34.2 Å². The molecule has 2 N–H and O–H groups in total. The zero-order valence-electron chi connectivity index (χ0n) is 13.8. The Morgan fingerprint density at radius 3 is 2.30 bits per heavy atom. The van der Waals surface area contributed by atoms with Gasteiger partial charge in [0.2, 0.25) is 0 Å². The number of anilines is 1. The first kappa shape index (κ1) is 20.5. The molecule has 0 aliphatic rings. The van der Waals surface area contributed by atoms with Gasteiger partial charge in [-0.1, -0.05) is 0 Å². The molecule has 11 heteroatoms. The normalized spacial score (nSPS) is 11.7. The monoisotopic (exact) mass is 406 g/mol. The summed E-state index contributed by atoms with van der Waals surface area (Å²) in [6, 6.07) is 7.17. The summed E-state index contributed by atoms with van der Waals surface area (Å²) in [5.74, 6) is -1.79. The van der Waals surface area contributed by atoms with E-state index in [0.29, 0.717) is 6.07 Å². The number of nitrogens with one attached hydrogen (secondary N) is 2. The summed E-state index contributed by atoms with van der Waals surface area (Å²) >= 11 is 0. The number of hydrogen-bond donors (Lipinski definition) is 2. The maximum Gasteiger partial charge on any atom is 0.422 e. The van der Waals surface area contributed by atoms with Crippen LogP contribution in [0.4, 0.5) is 23.2 Å². The fraction of sp³-hybridized carbons (Fsp3) is 0.188. The number of benzene rings is 2. The van der Waals surface area contributed by atoms with E-state index in [-0.39, 0.29) is 10.5 Å². The van der Waals surface area contributed by atoms with E-state index >= 15 is 0 Å². The van der Waals surface area contributed by atoms with Gasteiger partial charge in [-0.3, -0.25) is 9.52 Å². The summed E-state index contributed by atoms with van der Waals surface area (Å²) in [7, 11) is -2.86. The second-order valence-electron chi connectivity index (χ2n) is 5.25. The molecule has 6 nitrogen and oxygen atoms in total. The Morgan fingerprint density at radius 2 is 1.74 bits per heavy atom. The van der Waals surface area contributed by atoms with E-state index in [1.54, 1.807) is 0 Å². The van der Waals surface area contributed by atoms with Crippen molar-refractivity contribution in [3.05, 3.63) is 53.8 Å². The van der Waals surface area contributed by atoms with Crippen molar-refractivity contribution in [2.24, 2.45) is 0 Å². The van der Waals surface area contributed by atoms with Gasteiger partial charge >= 0.3 is 6.18 Å². The lowest BCUT2D eigenvalue weighted by molar-refractivity contribution is -0.153. The summed E-state index contributed by atoms with van der Waals surface area (Å²) in [5.41, 5.74) is -0.286. The summed E-state index contributed by atoms with van der Waals surface area (Å²) < 4.78 is 81.7. The maximum absolute atomic E-state index is 13.4. The molecule has 0 radical (unpaired) electrons. The van der Waals surface area contributed by atoms with E-state index in [2.05, 4.69) is 10.1 Å². The van der Waals surface area contributed by atoms with Gasteiger partial charge in [0.15, 0.2) is 6.61 Å². The second kappa shape index (κ2) is 7.82. The molecule has 2 aromatic carbocycles. The number of alkyl halides is 3. The van der Waals surface area contributed by atoms with Gasteiger partial charge in [0.1, 0.15) is 11.6 Å². The van der Waals surface area contributed by atoms with E-state index in [4.69, 9.17) is 0 Å². The Morgan fingerprint density at radius 1 is 1.11 bits per heavy atom. The van der Waals surface area contributed by atoms with Gasteiger partial charge in [-0.15, -0.1) is 0 Å². The van der Waals surface area contributed by atoms with Gasteiger partial charge in [0, 0.05) is 18.7 Å². The fourth-order valence-electron chi connectivity index (χ4n) is 2.00. The van der Waals surface area contributed by atoms with Gasteiger partial charge < -0.3 is 10.1 Å². The molecule has 0 bridgehead atoms. The number of rotatable bonds is 6. The molecule has 2 rings (SSSR count). The van der Waals surface area contributed by atoms with Crippen molar-refractivity contribution < 1.29 is 35.5 Å². The van der Waals surface area contributed by atoms with E-state index in [0.717, 1.165) is 24.3 Å². The molecule has 0 saturated heterocycles. The highest BCUT2D eigenvalue weighted by molar-refractivity contribution is 7.92. The molecule has 2 aromatic rings. The summed E-state index contributed by atoms with van der Waals surface area (Å²) in [6.07, 6.45) is -4.65. The molecule has 0 aromatic heterocycles. The van der Waals surface area contributed by atoms with Crippen LogP contribution in [0, 0.1) is 5.82 Å². The molecule has 0 atom stereocenters. The molecule has 0 heterocycles. The highest BCUT2D eigenvalue weighted by Crippen LogP contribution is 2.29. The van der Waals surface area contributed by atoms with Crippen LogP contribution >= 0.6 is 0 Å². The van der Waals surface area contributed by atoms with Crippen molar-refractivity contribution in [3.63, 3.8) is 0 Å². The minimum absolute atomic E-state index is 0.205. The number of hydrogen-bond acceptors (Lipinski definition) is 4. The average Bonchev–Trinajstić information content (AvgIpc) is 2.59. The SMILES string of the molecule is CNC(=O)c1ccc(S(=O)(=O)Nc2cc(F)ccc2OCC(F)(F)F)cc1. The summed E-state index contributed by atoms with van der Waals surface area (Å²) in [6.45, 7) is -1.67. The van der Waals surface area contributed by atoms with Crippen LogP contribution in [0.1, 0.15) is 10.4 Å². The fourth-order valence-corrected chi connectivity index (χ4v) is 3.06. The Hall–Kier alpha value is -2.82. The molecule has 27 heavy (non-hydrogen) atoms. The Bertz CT molecular complexity index is 928. The third-order valence-corrected chi connectivity index (χ3v) is 4.61. The smallest absolute Gasteiger partial charge is 0.422 e. The number of carbonyl (C=O) groups is 1. The second-order valence-corrected chi connectivity index (χ2v) is 6.94. The predicted octanol–water partition coefficient (Wildman–Crippen LogP) is 2.93. The quantitative estimate of drug-likeness (QED) is 0.723. The largest absolute Gasteiger partial charge is 0.482 e. The highest BCUT2D eigenvalue weighted by atomic mass is 32.2. The summed E-state index contributed by atoms with van der Waals surface area (Å²) in [5, 5.41) is 2.37. The molecule has 0 fully saturated rings. The zero-order valence-corrected chi connectivity index (χ0v) is 14.6. The lowest BCUT2D eigenvalue weighted by Crippen LogP contribution is -2.21. The molecule has 0 spiro atoms. The Kier molecular flexibility index (Phi) is 5.94.